The molecule has 11 heteroatoms. The van der Waals surface area contributed by atoms with Crippen LogP contribution in [0.2, 0.25) is 0 Å². The number of likely N-dealkylation sites (N-methyl/N-ethyl adjacent to an activating group) is 1. The van der Waals surface area contributed by atoms with Gasteiger partial charge >= 0.3 is 6.09 Å². The smallest absolute Gasteiger partial charge is 0.408 e. The number of ether oxygens (including phenoxy) is 2. The number of amides is 4. The van der Waals surface area contributed by atoms with Crippen LogP contribution in [0, 0.1) is 6.92 Å². The van der Waals surface area contributed by atoms with Gasteiger partial charge in [0.05, 0.1) is 7.11 Å². The van der Waals surface area contributed by atoms with Crippen LogP contribution >= 0.6 is 0 Å². The van der Waals surface area contributed by atoms with Crippen LogP contribution < -0.4 is 21.1 Å². The lowest BCUT2D eigenvalue weighted by Crippen LogP contribution is -2.51. The number of hydrogen-bond donors (Lipinski definition) is 4. The van der Waals surface area contributed by atoms with E-state index in [1.165, 1.54) is 31.2 Å². The SMILES string of the molecule is COc1ccc(NC(=O)C(c2ccc(O)c(C)c2)N(C)C(=O)C(CCC(N)=O)NC(=O)OC(C)(C)C)cc1. The Kier molecular flexibility index (Phi) is 10.1. The summed E-state index contributed by atoms with van der Waals surface area (Å²) in [4.78, 5) is 52.2. The first-order valence-corrected chi connectivity index (χ1v) is 12.0. The molecule has 0 aliphatic carbocycles. The monoisotopic (exact) mass is 528 g/mol. The van der Waals surface area contributed by atoms with Gasteiger partial charge in [0.1, 0.15) is 29.2 Å². The quantitative estimate of drug-likeness (QED) is 0.369. The molecule has 0 saturated carbocycles. The van der Waals surface area contributed by atoms with Crippen molar-refractivity contribution < 1.29 is 33.8 Å². The molecule has 0 aliphatic heterocycles. The zero-order chi connectivity index (χ0) is 28.6. The molecule has 38 heavy (non-hydrogen) atoms. The van der Waals surface area contributed by atoms with Gasteiger partial charge in [0.25, 0.3) is 5.91 Å². The molecule has 0 spiro atoms. The molecule has 0 bridgehead atoms. The zero-order valence-electron chi connectivity index (χ0n) is 22.5. The number of primary amides is 1. The van der Waals surface area contributed by atoms with Crippen molar-refractivity contribution in [1.82, 2.24) is 10.2 Å². The maximum Gasteiger partial charge on any atom is 0.408 e. The molecule has 206 valence electrons. The summed E-state index contributed by atoms with van der Waals surface area (Å²) < 4.78 is 10.4. The number of carbonyl (C=O) groups excluding carboxylic acids is 4. The van der Waals surface area contributed by atoms with E-state index in [0.29, 0.717) is 22.6 Å². The molecule has 2 aromatic carbocycles. The zero-order valence-corrected chi connectivity index (χ0v) is 22.5. The normalized spacial score (nSPS) is 12.6. The standard InChI is InChI=1S/C27H36N4O7/c1-16-15-17(7-13-21(16)32)23(24(34)29-18-8-10-19(37-6)11-9-18)31(5)25(35)20(12-14-22(28)33)30-26(36)38-27(2,3)4/h7-11,13,15,20,23,32H,12,14H2,1-6H3,(H2,28,33)(H,29,34)(H,30,36). The fourth-order valence-corrected chi connectivity index (χ4v) is 3.65. The molecule has 0 aliphatic rings. The van der Waals surface area contributed by atoms with Crippen molar-refractivity contribution in [3.8, 4) is 11.5 Å². The van der Waals surface area contributed by atoms with Crippen molar-refractivity contribution in [1.29, 1.82) is 0 Å². The van der Waals surface area contributed by atoms with E-state index in [1.54, 1.807) is 58.0 Å². The Hall–Kier alpha value is -4.28. The van der Waals surface area contributed by atoms with Gasteiger partial charge in [-0.1, -0.05) is 6.07 Å². The van der Waals surface area contributed by atoms with E-state index in [4.69, 9.17) is 15.2 Å². The molecule has 2 rings (SSSR count). The molecule has 2 aromatic rings. The molecule has 5 N–H and O–H groups in total. The number of aromatic hydroxyl groups is 1. The summed E-state index contributed by atoms with van der Waals surface area (Å²) in [6.45, 7) is 6.68. The van der Waals surface area contributed by atoms with E-state index in [1.807, 2.05) is 0 Å². The molecule has 4 amide bonds. The van der Waals surface area contributed by atoms with Crippen molar-refractivity contribution in [2.24, 2.45) is 5.73 Å². The van der Waals surface area contributed by atoms with Crippen molar-refractivity contribution in [3.05, 3.63) is 53.6 Å². The summed E-state index contributed by atoms with van der Waals surface area (Å²) in [5.74, 6) is -1.20. The number of anilines is 1. The van der Waals surface area contributed by atoms with Gasteiger partial charge in [-0.3, -0.25) is 14.4 Å². The van der Waals surface area contributed by atoms with Crippen LogP contribution in [0.1, 0.15) is 50.8 Å². The first-order valence-electron chi connectivity index (χ1n) is 12.0. The van der Waals surface area contributed by atoms with Gasteiger partial charge in [0.2, 0.25) is 11.8 Å². The van der Waals surface area contributed by atoms with Crippen LogP contribution in [0.3, 0.4) is 0 Å². The molecule has 0 saturated heterocycles. The second kappa shape index (κ2) is 12.8. The maximum atomic E-state index is 13.6. The highest BCUT2D eigenvalue weighted by molar-refractivity contribution is 5.99. The molecule has 0 fully saturated rings. The van der Waals surface area contributed by atoms with Crippen LogP contribution in [0.4, 0.5) is 10.5 Å². The van der Waals surface area contributed by atoms with Crippen molar-refractivity contribution in [2.45, 2.75) is 58.2 Å². The second-order valence-corrected chi connectivity index (χ2v) is 9.82. The minimum atomic E-state index is -1.20. The Morgan fingerprint density at radius 1 is 1.08 bits per heavy atom. The fraction of sp³-hybridized carbons (Fsp3) is 0.407. The van der Waals surface area contributed by atoms with Crippen LogP contribution in [-0.2, 0) is 19.1 Å². The molecular weight excluding hydrogens is 492 g/mol. The van der Waals surface area contributed by atoms with Gasteiger partial charge in [-0.05, 0) is 81.6 Å². The lowest BCUT2D eigenvalue weighted by atomic mass is 10.00. The molecular formula is C27H36N4O7. The van der Waals surface area contributed by atoms with E-state index >= 15 is 0 Å². The number of aryl methyl sites for hydroxylation is 1. The molecule has 0 aromatic heterocycles. The van der Waals surface area contributed by atoms with Crippen LogP contribution in [0.5, 0.6) is 11.5 Å². The number of hydrogen-bond acceptors (Lipinski definition) is 7. The number of nitrogens with one attached hydrogen (secondary N) is 2. The van der Waals surface area contributed by atoms with Crippen LogP contribution in [0.25, 0.3) is 0 Å². The topological polar surface area (TPSA) is 160 Å². The Morgan fingerprint density at radius 2 is 1.71 bits per heavy atom. The van der Waals surface area contributed by atoms with E-state index in [2.05, 4.69) is 10.6 Å². The van der Waals surface area contributed by atoms with E-state index in [9.17, 15) is 24.3 Å². The summed E-state index contributed by atoms with van der Waals surface area (Å²) in [6.07, 6.45) is -1.13. The molecule has 2 atom stereocenters. The first kappa shape index (κ1) is 29.9. The molecule has 0 heterocycles. The third-order valence-electron chi connectivity index (χ3n) is 5.55. The second-order valence-electron chi connectivity index (χ2n) is 9.82. The van der Waals surface area contributed by atoms with Crippen LogP contribution in [0.15, 0.2) is 42.5 Å². The summed E-state index contributed by atoms with van der Waals surface area (Å²) >= 11 is 0. The van der Waals surface area contributed by atoms with Gasteiger partial charge < -0.3 is 35.8 Å². The summed E-state index contributed by atoms with van der Waals surface area (Å²) in [7, 11) is 2.94. The van der Waals surface area contributed by atoms with Crippen molar-refractivity contribution >= 4 is 29.5 Å². The molecule has 11 nitrogen and oxygen atoms in total. The third-order valence-corrected chi connectivity index (χ3v) is 5.55. The molecule has 2 unspecified atom stereocenters. The highest BCUT2D eigenvalue weighted by Gasteiger charge is 2.34. The lowest BCUT2D eigenvalue weighted by molar-refractivity contribution is -0.139. The molecule has 0 radical (unpaired) electrons. The van der Waals surface area contributed by atoms with Gasteiger partial charge in [-0.2, -0.15) is 0 Å². The minimum Gasteiger partial charge on any atom is -0.508 e. The summed E-state index contributed by atoms with van der Waals surface area (Å²) in [6, 6.07) is 8.86. The maximum absolute atomic E-state index is 13.6. The number of nitrogens with zero attached hydrogens (tertiary/aromatic N) is 1. The Balaban J connectivity index is 2.41. The highest BCUT2D eigenvalue weighted by Crippen LogP contribution is 2.28. The fourth-order valence-electron chi connectivity index (χ4n) is 3.65. The average molecular weight is 529 g/mol. The van der Waals surface area contributed by atoms with E-state index in [-0.39, 0.29) is 18.6 Å². The number of phenols is 1. The number of alkyl carbamates (subject to hydrolysis) is 1. The third kappa shape index (κ3) is 8.68. The van der Waals surface area contributed by atoms with Crippen LogP contribution in [-0.4, -0.2) is 59.6 Å². The van der Waals surface area contributed by atoms with E-state index < -0.39 is 41.5 Å². The summed E-state index contributed by atoms with van der Waals surface area (Å²) in [5, 5.41) is 15.3. The number of carbonyl (C=O) groups is 4. The number of benzene rings is 2. The van der Waals surface area contributed by atoms with E-state index in [0.717, 1.165) is 0 Å². The Bertz CT molecular complexity index is 1160. The van der Waals surface area contributed by atoms with Crippen molar-refractivity contribution in [3.63, 3.8) is 0 Å². The van der Waals surface area contributed by atoms with Gasteiger partial charge in [0, 0.05) is 19.2 Å². The van der Waals surface area contributed by atoms with Gasteiger partial charge in [-0.15, -0.1) is 0 Å². The predicted molar refractivity (Wildman–Crippen MR) is 142 cm³/mol. The minimum absolute atomic E-state index is 0.0305. The van der Waals surface area contributed by atoms with Crippen molar-refractivity contribution in [2.75, 3.05) is 19.5 Å². The average Bonchev–Trinajstić information content (AvgIpc) is 2.82. The number of nitrogens with two attached hydrogens (primary N) is 1. The highest BCUT2D eigenvalue weighted by atomic mass is 16.6. The predicted octanol–water partition coefficient (Wildman–Crippen LogP) is 3.01. The largest absolute Gasteiger partial charge is 0.508 e. The Morgan fingerprint density at radius 3 is 2.24 bits per heavy atom. The number of methoxy groups -OCH3 is 1. The Labute approximate surface area is 222 Å². The number of rotatable bonds is 10. The van der Waals surface area contributed by atoms with Gasteiger partial charge in [-0.25, -0.2) is 4.79 Å². The summed E-state index contributed by atoms with van der Waals surface area (Å²) in [5.41, 5.74) is 5.85. The number of phenolic OH excluding ortho intramolecular Hbond substituents is 1. The lowest BCUT2D eigenvalue weighted by Gasteiger charge is -2.31. The first-order chi connectivity index (χ1) is 17.7. The van der Waals surface area contributed by atoms with Gasteiger partial charge in [0.15, 0.2) is 0 Å².